The molecule has 2 fully saturated rings. The molecule has 27 heavy (non-hydrogen) atoms. The number of halogens is 1. The molecule has 1 aromatic carbocycles. The van der Waals surface area contributed by atoms with Crippen molar-refractivity contribution in [2.24, 2.45) is 10.7 Å². The number of aryl methyl sites for hydroxylation is 2. The predicted molar refractivity (Wildman–Crippen MR) is 115 cm³/mol. The minimum absolute atomic E-state index is 0. The lowest BCUT2D eigenvalue weighted by Crippen LogP contribution is -2.24. The van der Waals surface area contributed by atoms with Gasteiger partial charge in [-0.05, 0) is 62.8 Å². The van der Waals surface area contributed by atoms with Gasteiger partial charge in [0.1, 0.15) is 6.10 Å². The number of nitrogens with zero attached hydrogens (tertiary/aromatic N) is 3. The molecule has 8 heteroatoms. The number of anilines is 1. The van der Waals surface area contributed by atoms with Crippen molar-refractivity contribution in [2.75, 3.05) is 11.9 Å². The number of hydrogen-bond acceptors (Lipinski definition) is 5. The van der Waals surface area contributed by atoms with Crippen LogP contribution in [-0.4, -0.2) is 28.7 Å². The Hall–Kier alpha value is -1.68. The van der Waals surface area contributed by atoms with Crippen LogP contribution in [0.5, 0.6) is 0 Å². The van der Waals surface area contributed by atoms with E-state index in [1.165, 1.54) is 11.1 Å². The number of rotatable bonds is 5. The summed E-state index contributed by atoms with van der Waals surface area (Å²) in [5.41, 5.74) is 9.34. The van der Waals surface area contributed by atoms with E-state index in [9.17, 15) is 0 Å². The van der Waals surface area contributed by atoms with Crippen molar-refractivity contribution >= 4 is 35.6 Å². The molecule has 0 amide bonds. The van der Waals surface area contributed by atoms with Crippen LogP contribution in [-0.2, 0) is 4.74 Å². The summed E-state index contributed by atoms with van der Waals surface area (Å²) < 4.78 is 11.4. The first-order valence-corrected chi connectivity index (χ1v) is 9.21. The van der Waals surface area contributed by atoms with Gasteiger partial charge in [0.15, 0.2) is 11.8 Å². The molecule has 2 heterocycles. The fraction of sp³-hybridized carbons (Fsp3) is 0.526. The van der Waals surface area contributed by atoms with Gasteiger partial charge in [0.25, 0.3) is 5.89 Å². The molecule has 4 rings (SSSR count). The van der Waals surface area contributed by atoms with E-state index < -0.39 is 0 Å². The van der Waals surface area contributed by atoms with Gasteiger partial charge in [-0.25, -0.2) is 0 Å². The van der Waals surface area contributed by atoms with E-state index in [1.807, 2.05) is 12.1 Å². The van der Waals surface area contributed by atoms with E-state index in [0.717, 1.165) is 37.2 Å². The van der Waals surface area contributed by atoms with E-state index in [0.29, 0.717) is 24.3 Å². The molecule has 146 valence electrons. The summed E-state index contributed by atoms with van der Waals surface area (Å²) in [6.07, 6.45) is 4.01. The quantitative estimate of drug-likeness (QED) is 0.381. The maximum absolute atomic E-state index is 6.02. The highest BCUT2D eigenvalue weighted by Gasteiger charge is 2.34. The summed E-state index contributed by atoms with van der Waals surface area (Å²) >= 11 is 0. The predicted octanol–water partition coefficient (Wildman–Crippen LogP) is 3.83. The normalized spacial score (nSPS) is 22.5. The van der Waals surface area contributed by atoms with Gasteiger partial charge >= 0.3 is 0 Å². The van der Waals surface area contributed by atoms with Crippen molar-refractivity contribution in [1.29, 1.82) is 0 Å². The molecule has 7 nitrogen and oxygen atoms in total. The number of ether oxygens (including phenoxy) is 1. The second-order valence-electron chi connectivity index (χ2n) is 7.32. The highest BCUT2D eigenvalue weighted by molar-refractivity contribution is 14.0. The minimum atomic E-state index is -0.121. The number of hydrogen-bond donors (Lipinski definition) is 2. The first-order valence-electron chi connectivity index (χ1n) is 9.21. The number of guanidine groups is 1. The third kappa shape index (κ3) is 5.19. The van der Waals surface area contributed by atoms with Crippen LogP contribution in [0.1, 0.15) is 60.5 Å². The topological polar surface area (TPSA) is 98.6 Å². The van der Waals surface area contributed by atoms with Crippen molar-refractivity contribution in [3.8, 4) is 0 Å². The molecule has 1 saturated carbocycles. The average molecular weight is 483 g/mol. The highest BCUT2D eigenvalue weighted by Crippen LogP contribution is 2.39. The van der Waals surface area contributed by atoms with Crippen molar-refractivity contribution in [3.63, 3.8) is 0 Å². The third-order valence-electron chi connectivity index (χ3n) is 4.74. The first kappa shape index (κ1) is 20.1. The summed E-state index contributed by atoms with van der Waals surface area (Å²) in [6, 6.07) is 6.21. The van der Waals surface area contributed by atoms with E-state index in [1.54, 1.807) is 0 Å². The zero-order valence-corrected chi connectivity index (χ0v) is 18.0. The van der Waals surface area contributed by atoms with E-state index in [-0.39, 0.29) is 36.2 Å². The summed E-state index contributed by atoms with van der Waals surface area (Å²) in [5, 5.41) is 7.20. The van der Waals surface area contributed by atoms with Crippen LogP contribution >= 0.6 is 24.0 Å². The van der Waals surface area contributed by atoms with Crippen LogP contribution in [0.15, 0.2) is 27.7 Å². The van der Waals surface area contributed by atoms with Gasteiger partial charge in [0.05, 0.1) is 12.6 Å². The van der Waals surface area contributed by atoms with Gasteiger partial charge in [0.2, 0.25) is 0 Å². The molecular weight excluding hydrogens is 457 g/mol. The zero-order chi connectivity index (χ0) is 18.1. The van der Waals surface area contributed by atoms with Crippen LogP contribution in [0, 0.1) is 13.8 Å². The van der Waals surface area contributed by atoms with Crippen LogP contribution in [0.3, 0.4) is 0 Å². The van der Waals surface area contributed by atoms with Crippen LogP contribution < -0.4 is 11.1 Å². The molecule has 1 aliphatic carbocycles. The first-order chi connectivity index (χ1) is 12.6. The molecule has 1 aliphatic heterocycles. The molecule has 1 aromatic heterocycles. The van der Waals surface area contributed by atoms with Gasteiger partial charge < -0.3 is 20.3 Å². The Balaban J connectivity index is 0.00000210. The summed E-state index contributed by atoms with van der Waals surface area (Å²) in [4.78, 5) is 8.90. The van der Waals surface area contributed by atoms with Crippen LogP contribution in [0.25, 0.3) is 0 Å². The molecule has 2 aliphatic rings. The zero-order valence-electron chi connectivity index (χ0n) is 15.6. The van der Waals surface area contributed by atoms with Gasteiger partial charge in [-0.3, -0.25) is 4.99 Å². The largest absolute Gasteiger partial charge is 0.370 e. The lowest BCUT2D eigenvalue weighted by molar-refractivity contribution is 0.0309. The Labute approximate surface area is 176 Å². The van der Waals surface area contributed by atoms with Gasteiger partial charge in [-0.2, -0.15) is 4.98 Å². The second-order valence-corrected chi connectivity index (χ2v) is 7.32. The van der Waals surface area contributed by atoms with Gasteiger partial charge in [-0.1, -0.05) is 11.2 Å². The Morgan fingerprint density at radius 1 is 1.19 bits per heavy atom. The number of benzene rings is 1. The molecule has 1 saturated heterocycles. The lowest BCUT2D eigenvalue weighted by Gasteiger charge is -2.11. The molecule has 3 N–H and O–H groups in total. The van der Waals surface area contributed by atoms with Crippen molar-refractivity contribution < 1.29 is 9.26 Å². The SMILES string of the molecule is Cc1cc(C)cc(NC(N)=NC[C@H]2CC[C@@H](c3nc(C4CC4)no3)O2)c1.I. The number of aliphatic imine (C=N–C) groups is 1. The summed E-state index contributed by atoms with van der Waals surface area (Å²) in [6.45, 7) is 4.64. The van der Waals surface area contributed by atoms with Crippen molar-refractivity contribution in [1.82, 2.24) is 10.1 Å². The maximum atomic E-state index is 6.02. The molecule has 0 radical (unpaired) electrons. The monoisotopic (exact) mass is 483 g/mol. The minimum Gasteiger partial charge on any atom is -0.370 e. The van der Waals surface area contributed by atoms with Gasteiger partial charge in [0, 0.05) is 11.6 Å². The molecule has 0 spiro atoms. The van der Waals surface area contributed by atoms with Crippen molar-refractivity contribution in [3.05, 3.63) is 41.0 Å². The molecule has 0 unspecified atom stereocenters. The Morgan fingerprint density at radius 3 is 2.63 bits per heavy atom. The summed E-state index contributed by atoms with van der Waals surface area (Å²) in [5.74, 6) is 2.31. The average Bonchev–Trinajstić information content (AvgIpc) is 3.13. The van der Waals surface area contributed by atoms with E-state index in [2.05, 4.69) is 40.4 Å². The fourth-order valence-corrected chi connectivity index (χ4v) is 3.34. The maximum Gasteiger partial charge on any atom is 0.255 e. The second kappa shape index (κ2) is 8.55. The highest BCUT2D eigenvalue weighted by atomic mass is 127. The lowest BCUT2D eigenvalue weighted by atomic mass is 10.1. The molecule has 2 aromatic rings. The van der Waals surface area contributed by atoms with E-state index >= 15 is 0 Å². The van der Waals surface area contributed by atoms with E-state index in [4.69, 9.17) is 15.0 Å². The fourth-order valence-electron chi connectivity index (χ4n) is 3.34. The third-order valence-corrected chi connectivity index (χ3v) is 4.74. The molecular formula is C19H26IN5O2. The van der Waals surface area contributed by atoms with Crippen LogP contribution in [0.4, 0.5) is 5.69 Å². The van der Waals surface area contributed by atoms with Crippen molar-refractivity contribution in [2.45, 2.75) is 57.7 Å². The number of aromatic nitrogens is 2. The Morgan fingerprint density at radius 2 is 1.93 bits per heavy atom. The van der Waals surface area contributed by atoms with Gasteiger partial charge in [-0.15, -0.1) is 24.0 Å². The smallest absolute Gasteiger partial charge is 0.255 e. The Bertz CT molecular complexity index is 798. The Kier molecular flexibility index (Phi) is 6.36. The molecule has 2 atom stereocenters. The number of nitrogens with two attached hydrogens (primary N) is 1. The molecule has 0 bridgehead atoms. The van der Waals surface area contributed by atoms with Crippen LogP contribution in [0.2, 0.25) is 0 Å². The summed E-state index contributed by atoms with van der Waals surface area (Å²) in [7, 11) is 0. The standard InChI is InChI=1S/C19H25N5O2.HI/c1-11-7-12(2)9-14(8-11)22-19(20)21-10-15-5-6-16(25-15)18-23-17(24-26-18)13-3-4-13;/h7-9,13,15-16H,3-6,10H2,1-2H3,(H3,20,21,22);1H/t15-,16+;/m1./s1. The number of nitrogens with one attached hydrogen (secondary N) is 1.